The van der Waals surface area contributed by atoms with Crippen molar-refractivity contribution >= 4 is 47.8 Å². The summed E-state index contributed by atoms with van der Waals surface area (Å²) in [6, 6.07) is 37.5. The van der Waals surface area contributed by atoms with Gasteiger partial charge < -0.3 is 78.0 Å². The zero-order valence-electron chi connectivity index (χ0n) is 77.8. The highest BCUT2D eigenvalue weighted by Gasteiger charge is 2.62. The second-order valence-electron chi connectivity index (χ2n) is 43.2. The van der Waals surface area contributed by atoms with Crippen LogP contribution in [0.5, 0.6) is 34.5 Å². The van der Waals surface area contributed by atoms with E-state index in [1.54, 1.807) is 72.8 Å². The summed E-state index contributed by atoms with van der Waals surface area (Å²) in [5.74, 6) is -5.62. The quantitative estimate of drug-likeness (QED) is 0.0242. The van der Waals surface area contributed by atoms with E-state index in [0.29, 0.717) is 69.6 Å². The maximum Gasteiger partial charge on any atom is 0.344 e. The fourth-order valence-electron chi connectivity index (χ4n) is 29.5. The maximum absolute atomic E-state index is 14.4. The Labute approximate surface area is 790 Å². The number of phenolic OH excluding ortho intramolecular Hbond substituents is 4. The summed E-state index contributed by atoms with van der Waals surface area (Å²) in [5, 5.41) is 76.8. The van der Waals surface area contributed by atoms with Crippen LogP contribution < -0.4 is 9.47 Å². The molecule has 0 aliphatic heterocycles. The summed E-state index contributed by atoms with van der Waals surface area (Å²) >= 11 is 0. The number of aliphatic hydroxyl groups is 2. The number of rotatable bonds is 24. The fourth-order valence-corrected chi connectivity index (χ4v) is 29.5. The third-order valence-corrected chi connectivity index (χ3v) is 35.7. The summed E-state index contributed by atoms with van der Waals surface area (Å²) in [7, 11) is 2.80. The van der Waals surface area contributed by atoms with Crippen molar-refractivity contribution in [2.24, 2.45) is 94.7 Å². The number of hydrogen-bond donors (Lipinski definition) is 6. The molecule has 4 unspecified atom stereocenters. The molecule has 16 fully saturated rings. The van der Waals surface area contributed by atoms with E-state index in [-0.39, 0.29) is 154 Å². The number of aliphatic hydroxyl groups excluding tert-OH is 2. The van der Waals surface area contributed by atoms with Gasteiger partial charge in [-0.3, -0.25) is 0 Å². The number of carbonyl (C=O) groups excluding carboxylic acids is 8. The molecule has 0 spiro atoms. The van der Waals surface area contributed by atoms with Gasteiger partial charge in [-0.15, -0.1) is 0 Å². The number of fused-ring (bicyclic) bond motifs is 8. The molecule has 24 nitrogen and oxygen atoms in total. The van der Waals surface area contributed by atoms with Crippen LogP contribution in [0.15, 0.2) is 146 Å². The van der Waals surface area contributed by atoms with Crippen LogP contribution in [0.4, 0.5) is 0 Å². The molecule has 0 amide bonds. The second-order valence-corrected chi connectivity index (χ2v) is 43.2. The number of phenols is 4. The van der Waals surface area contributed by atoms with Crippen LogP contribution in [-0.4, -0.2) is 141 Å². The Morgan fingerprint density at radius 1 is 0.265 bits per heavy atom. The lowest BCUT2D eigenvalue weighted by atomic mass is 9.50. The molecule has 8 aromatic carbocycles. The molecule has 0 aromatic heterocycles. The smallest absolute Gasteiger partial charge is 0.344 e. The molecule has 17 aliphatic rings. The highest BCUT2D eigenvalue weighted by Crippen LogP contribution is 2.65. The van der Waals surface area contributed by atoms with Gasteiger partial charge in [-0.1, -0.05) is 48.5 Å². The predicted molar refractivity (Wildman–Crippen MR) is 494 cm³/mol. The fraction of sp³-hybridized carbons (Fsp3) is 0.500. The first kappa shape index (κ1) is 90.7. The number of carbonyl (C=O) groups is 8. The van der Waals surface area contributed by atoms with Crippen molar-refractivity contribution in [3.63, 3.8) is 0 Å². The average molecular weight is 1850 g/mol. The summed E-state index contributed by atoms with van der Waals surface area (Å²) in [6.07, 6.45) is 20.6. The standard InChI is InChI=1S/C112H120O24/c1-109(75-27-57-23-58(29-75)30-76(109)28-57)133-97(119)53-129-105(123)69-15-7-65(8-16-69)101-84-46-86(92(116)44-74(84)52-114)103(67-11-19-71(20-12-67)107(125)131-55-99(121)135-111(3)79-35-61-25-62(37-79)38-80(111)36-61)90-48-88(94(118)50-96(90)128-6)104(68-13-21-72(22-14-68)108(126)132-56-100(122)136-112(4)81-39-63-26-64(41-81)42-82(112)40-63)89-47-87(93(117)49-95(89)127-5)102(83-45-85(101)91(115)43-73(83)51-113)66-9-17-70(18-10-66)106(124)130-54-98(120)134-110(2)77-31-59-24-60(33-77)34-78(110)32-59/h7-22,43-50,57-64,75-82,101-104,113-118H,23-42,51-56H2,1-6H3. The van der Waals surface area contributed by atoms with Crippen molar-refractivity contribution < 1.29 is 116 Å². The summed E-state index contributed by atoms with van der Waals surface area (Å²) in [5.41, 5.74) is 0.770. The molecule has 24 heteroatoms. The molecule has 24 bridgehead atoms. The van der Waals surface area contributed by atoms with Crippen molar-refractivity contribution in [1.82, 2.24) is 0 Å². The van der Waals surface area contributed by atoms with Crippen molar-refractivity contribution in [3.05, 3.63) is 246 Å². The van der Waals surface area contributed by atoms with Crippen LogP contribution >= 0.6 is 0 Å². The van der Waals surface area contributed by atoms with Crippen LogP contribution in [0.3, 0.4) is 0 Å². The molecule has 16 saturated carbocycles. The molecule has 25 rings (SSSR count). The van der Waals surface area contributed by atoms with Crippen molar-refractivity contribution in [2.75, 3.05) is 40.6 Å². The monoisotopic (exact) mass is 1850 g/mol. The topological polar surface area (TPSA) is 350 Å². The Balaban J connectivity index is 0.686. The first-order chi connectivity index (χ1) is 65.4. The molecule has 0 saturated heterocycles. The molecule has 17 aliphatic carbocycles. The van der Waals surface area contributed by atoms with Gasteiger partial charge in [-0.2, -0.15) is 0 Å². The van der Waals surface area contributed by atoms with Gasteiger partial charge >= 0.3 is 47.8 Å². The Morgan fingerprint density at radius 3 is 0.654 bits per heavy atom. The van der Waals surface area contributed by atoms with Crippen LogP contribution in [0.1, 0.15) is 299 Å². The van der Waals surface area contributed by atoms with E-state index in [2.05, 4.69) is 0 Å². The molecule has 712 valence electrons. The van der Waals surface area contributed by atoms with E-state index in [4.69, 9.17) is 47.4 Å². The predicted octanol–water partition coefficient (Wildman–Crippen LogP) is 18.2. The van der Waals surface area contributed by atoms with Gasteiger partial charge in [0.05, 0.1) is 49.7 Å². The molecule has 6 N–H and O–H groups in total. The van der Waals surface area contributed by atoms with E-state index in [0.717, 1.165) is 103 Å². The van der Waals surface area contributed by atoms with Crippen molar-refractivity contribution in [3.8, 4) is 34.5 Å². The van der Waals surface area contributed by atoms with E-state index < -0.39 is 139 Å². The molecule has 0 radical (unpaired) electrons. The molecule has 136 heavy (non-hydrogen) atoms. The number of hydrogen-bond acceptors (Lipinski definition) is 24. The Morgan fingerprint density at radius 2 is 0.456 bits per heavy atom. The van der Waals surface area contributed by atoms with Gasteiger partial charge in [0, 0.05) is 69.2 Å². The molecule has 8 aromatic rings. The second kappa shape index (κ2) is 35.4. The lowest BCUT2D eigenvalue weighted by Gasteiger charge is -2.59. The van der Waals surface area contributed by atoms with E-state index in [9.17, 15) is 69.0 Å². The minimum Gasteiger partial charge on any atom is -0.508 e. The molecule has 4 atom stereocenters. The molecular formula is C112H120O24. The summed E-state index contributed by atoms with van der Waals surface area (Å²) < 4.78 is 61.0. The van der Waals surface area contributed by atoms with Gasteiger partial charge in [0.2, 0.25) is 0 Å². The number of methoxy groups -OCH3 is 2. The molecule has 0 heterocycles. The highest BCUT2D eigenvalue weighted by atomic mass is 16.6. The average Bonchev–Trinajstić information content (AvgIpc) is 0.749. The number of benzene rings is 8. The van der Waals surface area contributed by atoms with E-state index >= 15 is 0 Å². The minimum absolute atomic E-state index is 0.0338. The first-order valence-electron chi connectivity index (χ1n) is 49.1. The lowest BCUT2D eigenvalue weighted by Crippen LogP contribution is -2.58. The first-order valence-corrected chi connectivity index (χ1v) is 49.1. The van der Waals surface area contributed by atoms with Crippen molar-refractivity contribution in [1.29, 1.82) is 0 Å². The van der Waals surface area contributed by atoms with E-state index in [1.165, 1.54) is 113 Å². The number of esters is 8. The minimum atomic E-state index is -1.25. The third kappa shape index (κ3) is 16.3. The van der Waals surface area contributed by atoms with E-state index in [1.807, 2.05) is 27.7 Å². The zero-order valence-corrected chi connectivity index (χ0v) is 77.8. The zero-order chi connectivity index (χ0) is 94.4. The van der Waals surface area contributed by atoms with Crippen LogP contribution in [-0.2, 0) is 70.3 Å². The highest BCUT2D eigenvalue weighted by molar-refractivity contribution is 5.93. The van der Waals surface area contributed by atoms with Crippen LogP contribution in [0.2, 0.25) is 0 Å². The van der Waals surface area contributed by atoms with Gasteiger partial charge in [0.25, 0.3) is 0 Å². The van der Waals surface area contributed by atoms with Gasteiger partial charge in [0.1, 0.15) is 56.9 Å². The Bertz CT molecular complexity index is 5220. The summed E-state index contributed by atoms with van der Waals surface area (Å²) in [6.45, 7) is 3.99. The third-order valence-electron chi connectivity index (χ3n) is 35.7. The number of aromatic hydroxyl groups is 4. The Hall–Kier alpha value is -11.8. The van der Waals surface area contributed by atoms with Gasteiger partial charge in [-0.05, 0) is 380 Å². The van der Waals surface area contributed by atoms with Crippen LogP contribution in [0, 0.1) is 94.7 Å². The van der Waals surface area contributed by atoms with Gasteiger partial charge in [0.15, 0.2) is 26.4 Å². The van der Waals surface area contributed by atoms with Crippen LogP contribution in [0.25, 0.3) is 0 Å². The van der Waals surface area contributed by atoms with Crippen molar-refractivity contribution in [2.45, 2.75) is 215 Å². The molecular weight excluding hydrogens is 1730 g/mol. The Kier molecular flexibility index (Phi) is 23.6. The number of ether oxygens (including phenoxy) is 10. The maximum atomic E-state index is 14.4. The normalized spacial score (nSPS) is 32.2. The largest absolute Gasteiger partial charge is 0.508 e. The summed E-state index contributed by atoms with van der Waals surface area (Å²) in [4.78, 5) is 113. The van der Waals surface area contributed by atoms with Gasteiger partial charge in [-0.25, -0.2) is 38.4 Å². The lowest BCUT2D eigenvalue weighted by molar-refractivity contribution is -0.206. The SMILES string of the molecule is COc1cc(O)c2cc1C(c1ccc(C(=O)OCC(=O)OC3(C)C4CC5CC(C4)CC3C5)cc1)c1cc(c(OC)cc1O)C(c1ccc(C(=O)OCC(=O)OC3(C)C4CC5CC(C4)CC3C5)cc1)c1cc(c(CO)cc1O)C(c1ccc(C(=O)OCC(=O)OC3(C)C4CC5CC(C4)CC3C5)cc1)c1cc(c(CO)cc1O)C2c1ccc(C(=O)OCC(=O)OC2(C)C3CC4CC(C3)CC2C4)cc1.